The first kappa shape index (κ1) is 21.7. The van der Waals surface area contributed by atoms with Gasteiger partial charge in [-0.2, -0.15) is 0 Å². The highest BCUT2D eigenvalue weighted by molar-refractivity contribution is 6.13. The molecule has 2 aromatic carbocycles. The lowest BCUT2D eigenvalue weighted by Crippen LogP contribution is -2.22. The van der Waals surface area contributed by atoms with E-state index in [4.69, 9.17) is 4.74 Å². The summed E-state index contributed by atoms with van der Waals surface area (Å²) in [5.41, 5.74) is 2.18. The van der Waals surface area contributed by atoms with Gasteiger partial charge >= 0.3 is 5.97 Å². The third-order valence-electron chi connectivity index (χ3n) is 4.68. The number of amides is 1. The van der Waals surface area contributed by atoms with Gasteiger partial charge in [-0.25, -0.2) is 9.79 Å². The number of aliphatic imine (C=N–C) groups is 1. The molecule has 0 fully saturated rings. The first-order valence-electron chi connectivity index (χ1n) is 9.76. The zero-order valence-corrected chi connectivity index (χ0v) is 17.4. The largest absolute Gasteiger partial charge is 0.402 e. The number of nitro benzene ring substituents is 1. The van der Waals surface area contributed by atoms with Crippen LogP contribution in [0.5, 0.6) is 0 Å². The molecule has 1 aliphatic rings. The van der Waals surface area contributed by atoms with Gasteiger partial charge in [0.25, 0.3) is 5.69 Å². The van der Waals surface area contributed by atoms with Gasteiger partial charge in [-0.15, -0.1) is 0 Å². The summed E-state index contributed by atoms with van der Waals surface area (Å²) in [7, 11) is 0. The molecule has 160 valence electrons. The summed E-state index contributed by atoms with van der Waals surface area (Å²) >= 11 is 0. The first-order chi connectivity index (χ1) is 14.8. The summed E-state index contributed by atoms with van der Waals surface area (Å²) < 4.78 is 5.24. The normalized spacial score (nSPS) is 14.2. The fourth-order valence-electron chi connectivity index (χ4n) is 3.20. The van der Waals surface area contributed by atoms with E-state index in [2.05, 4.69) is 10.3 Å². The van der Waals surface area contributed by atoms with Crippen LogP contribution < -0.4 is 10.2 Å². The number of nitrogens with zero attached hydrogens (tertiary/aromatic N) is 3. The van der Waals surface area contributed by atoms with E-state index in [9.17, 15) is 19.7 Å². The Hall–Kier alpha value is -4.01. The summed E-state index contributed by atoms with van der Waals surface area (Å²) in [5, 5.41) is 14.2. The fraction of sp³-hybridized carbons (Fsp3) is 0.227. The molecule has 9 nitrogen and oxygen atoms in total. The second kappa shape index (κ2) is 9.21. The number of hydrogen-bond donors (Lipinski definition) is 1. The van der Waals surface area contributed by atoms with Crippen molar-refractivity contribution in [3.05, 3.63) is 69.4 Å². The summed E-state index contributed by atoms with van der Waals surface area (Å²) in [4.78, 5) is 40.6. The Morgan fingerprint density at radius 2 is 1.87 bits per heavy atom. The van der Waals surface area contributed by atoms with Crippen molar-refractivity contribution in [2.24, 2.45) is 4.99 Å². The lowest BCUT2D eigenvalue weighted by atomic mass is 10.1. The summed E-state index contributed by atoms with van der Waals surface area (Å²) in [6.45, 7) is 6.54. The molecule has 3 rings (SSSR count). The van der Waals surface area contributed by atoms with Gasteiger partial charge in [0, 0.05) is 37.3 Å². The third-order valence-corrected chi connectivity index (χ3v) is 4.68. The van der Waals surface area contributed by atoms with Crippen LogP contribution in [0.3, 0.4) is 0 Å². The highest BCUT2D eigenvalue weighted by atomic mass is 16.6. The molecule has 0 unspecified atom stereocenters. The molecule has 0 aliphatic carbocycles. The smallest absolute Gasteiger partial charge is 0.363 e. The van der Waals surface area contributed by atoms with E-state index >= 15 is 0 Å². The molecule has 0 spiro atoms. The molecule has 0 atom stereocenters. The number of benzene rings is 2. The molecule has 1 N–H and O–H groups in total. The lowest BCUT2D eigenvalue weighted by molar-refractivity contribution is -0.384. The zero-order chi connectivity index (χ0) is 22.5. The number of esters is 1. The van der Waals surface area contributed by atoms with Gasteiger partial charge in [-0.05, 0) is 55.8 Å². The van der Waals surface area contributed by atoms with Gasteiger partial charge in [0.05, 0.1) is 4.92 Å². The maximum absolute atomic E-state index is 12.3. The number of hydrogen-bond acceptors (Lipinski definition) is 7. The van der Waals surface area contributed by atoms with Gasteiger partial charge < -0.3 is 15.0 Å². The van der Waals surface area contributed by atoms with Crippen LogP contribution in [0.25, 0.3) is 6.08 Å². The van der Waals surface area contributed by atoms with Crippen LogP contribution in [0.15, 0.2) is 53.2 Å². The monoisotopic (exact) mass is 422 g/mol. The average Bonchev–Trinajstić information content (AvgIpc) is 3.10. The van der Waals surface area contributed by atoms with E-state index in [0.29, 0.717) is 35.6 Å². The molecule has 0 aromatic heterocycles. The molecule has 1 heterocycles. The molecule has 0 bridgehead atoms. The van der Waals surface area contributed by atoms with Crippen molar-refractivity contribution in [2.45, 2.75) is 20.8 Å². The summed E-state index contributed by atoms with van der Waals surface area (Å²) in [5.74, 6) is -0.708. The predicted octanol–water partition coefficient (Wildman–Crippen LogP) is 3.74. The Morgan fingerprint density at radius 3 is 2.45 bits per heavy atom. The van der Waals surface area contributed by atoms with Gasteiger partial charge in [0.1, 0.15) is 5.69 Å². The topological polar surface area (TPSA) is 114 Å². The number of rotatable bonds is 7. The number of carbonyl (C=O) groups excluding carboxylic acids is 2. The second-order valence-corrected chi connectivity index (χ2v) is 6.77. The van der Waals surface area contributed by atoms with E-state index in [1.165, 1.54) is 19.1 Å². The molecule has 1 amide bonds. The van der Waals surface area contributed by atoms with Gasteiger partial charge in [0.2, 0.25) is 11.8 Å². The fourth-order valence-corrected chi connectivity index (χ4v) is 3.20. The van der Waals surface area contributed by atoms with E-state index in [0.717, 1.165) is 0 Å². The number of nitrogens with one attached hydrogen (secondary N) is 1. The Bertz CT molecular complexity index is 1090. The first-order valence-corrected chi connectivity index (χ1v) is 9.76. The molecular weight excluding hydrogens is 400 g/mol. The standard InChI is InChI=1S/C22H22N4O5/c1-4-25(5-2)19-11-6-15(13-20(19)26(29)30)12-18-22(28)31-21(24-18)16-7-9-17(10-8-16)23-14(3)27/h6-13H,4-5H2,1-3H3,(H,23,27)/b18-12+. The third kappa shape index (κ3) is 4.95. The molecule has 1 aliphatic heterocycles. The highest BCUT2D eigenvalue weighted by Crippen LogP contribution is 2.30. The Balaban J connectivity index is 1.90. The maximum atomic E-state index is 12.3. The molecule has 2 aromatic rings. The van der Waals surface area contributed by atoms with Crippen molar-refractivity contribution < 1.29 is 19.2 Å². The number of anilines is 2. The van der Waals surface area contributed by atoms with Crippen molar-refractivity contribution in [3.63, 3.8) is 0 Å². The van der Waals surface area contributed by atoms with E-state index in [1.807, 2.05) is 18.7 Å². The molecule has 0 saturated heterocycles. The molecule has 0 radical (unpaired) electrons. The summed E-state index contributed by atoms with van der Waals surface area (Å²) in [6.07, 6.45) is 1.46. The van der Waals surface area contributed by atoms with Gasteiger partial charge in [0.15, 0.2) is 5.70 Å². The van der Waals surface area contributed by atoms with Gasteiger partial charge in [-0.1, -0.05) is 6.07 Å². The molecule has 0 saturated carbocycles. The van der Waals surface area contributed by atoms with Crippen molar-refractivity contribution in [3.8, 4) is 0 Å². The van der Waals surface area contributed by atoms with Crippen LogP contribution in [0.4, 0.5) is 17.1 Å². The molecule has 31 heavy (non-hydrogen) atoms. The van der Waals surface area contributed by atoms with Crippen LogP contribution in [0, 0.1) is 10.1 Å². The van der Waals surface area contributed by atoms with E-state index in [-0.39, 0.29) is 23.2 Å². The minimum atomic E-state index is -0.642. The lowest BCUT2D eigenvalue weighted by Gasteiger charge is -2.20. The van der Waals surface area contributed by atoms with Crippen LogP contribution in [0.2, 0.25) is 0 Å². The molecule has 9 heteroatoms. The number of cyclic esters (lactones) is 1. The Morgan fingerprint density at radius 1 is 1.19 bits per heavy atom. The Labute approximate surface area is 179 Å². The minimum Gasteiger partial charge on any atom is -0.402 e. The Kier molecular flexibility index (Phi) is 6.44. The number of carbonyl (C=O) groups is 2. The van der Waals surface area contributed by atoms with Gasteiger partial charge in [-0.3, -0.25) is 14.9 Å². The maximum Gasteiger partial charge on any atom is 0.363 e. The average molecular weight is 422 g/mol. The van der Waals surface area contributed by atoms with Crippen molar-refractivity contribution in [2.75, 3.05) is 23.3 Å². The van der Waals surface area contributed by atoms with Crippen LogP contribution >= 0.6 is 0 Å². The highest BCUT2D eigenvalue weighted by Gasteiger charge is 2.25. The van der Waals surface area contributed by atoms with Crippen molar-refractivity contribution in [1.29, 1.82) is 0 Å². The second-order valence-electron chi connectivity index (χ2n) is 6.77. The minimum absolute atomic E-state index is 0.0397. The predicted molar refractivity (Wildman–Crippen MR) is 118 cm³/mol. The van der Waals surface area contributed by atoms with Crippen LogP contribution in [-0.2, 0) is 14.3 Å². The quantitative estimate of drug-likeness (QED) is 0.315. The van der Waals surface area contributed by atoms with Crippen LogP contribution in [-0.4, -0.2) is 35.8 Å². The zero-order valence-electron chi connectivity index (χ0n) is 17.4. The van der Waals surface area contributed by atoms with Crippen molar-refractivity contribution >= 4 is 40.9 Å². The number of nitro groups is 1. The molecular formula is C22H22N4O5. The van der Waals surface area contributed by atoms with Crippen molar-refractivity contribution in [1.82, 2.24) is 0 Å². The van der Waals surface area contributed by atoms with Crippen LogP contribution in [0.1, 0.15) is 31.9 Å². The number of ether oxygens (including phenoxy) is 1. The summed E-state index contributed by atoms with van der Waals surface area (Å²) in [6, 6.07) is 11.5. The van der Waals surface area contributed by atoms with E-state index in [1.54, 1.807) is 36.4 Å². The SMILES string of the molecule is CCN(CC)c1ccc(/C=C2/N=C(c3ccc(NC(C)=O)cc3)OC2=O)cc1[N+](=O)[O-]. The van der Waals surface area contributed by atoms with E-state index < -0.39 is 10.9 Å².